The maximum absolute atomic E-state index is 12.8. The Hall–Kier alpha value is -2.87. The highest BCUT2D eigenvalue weighted by molar-refractivity contribution is 8.00. The summed E-state index contributed by atoms with van der Waals surface area (Å²) in [4.78, 5) is 39.3. The van der Waals surface area contributed by atoms with Crippen molar-refractivity contribution in [2.24, 2.45) is 0 Å². The molecule has 7 nitrogen and oxygen atoms in total. The first kappa shape index (κ1) is 18.9. The molecule has 2 amide bonds. The molecule has 2 aromatic rings. The molecule has 0 aliphatic carbocycles. The molecule has 140 valence electrons. The predicted molar refractivity (Wildman–Crippen MR) is 106 cm³/mol. The van der Waals surface area contributed by atoms with E-state index in [0.29, 0.717) is 10.6 Å². The van der Waals surface area contributed by atoms with Crippen molar-refractivity contribution in [1.29, 1.82) is 0 Å². The maximum atomic E-state index is 12.8. The Kier molecular flexibility index (Phi) is 5.75. The number of fused-ring (bicyclic) bond motifs is 1. The Morgan fingerprint density at radius 1 is 1.33 bits per heavy atom. The maximum Gasteiger partial charge on any atom is 0.292 e. The average molecular weight is 384 g/mol. The lowest BCUT2D eigenvalue weighted by atomic mass is 10.1. The third-order valence-corrected chi connectivity index (χ3v) is 5.16. The summed E-state index contributed by atoms with van der Waals surface area (Å²) in [6, 6.07) is 7.52. The van der Waals surface area contributed by atoms with Gasteiger partial charge in [0.1, 0.15) is 12.2 Å². The standard InChI is InChI=1S/C19H20N4O3S/c1-3-9-22-17(25)12-27-15-10-20-23(19(26)18(15)22)11-16(24)21-14-7-5-13(4-2)6-8-14/h3,5-8,10H,1,4,9,11-12H2,2H3,(H,21,24). The van der Waals surface area contributed by atoms with Gasteiger partial charge in [0.05, 0.1) is 16.8 Å². The van der Waals surface area contributed by atoms with Gasteiger partial charge in [-0.1, -0.05) is 25.1 Å². The molecular formula is C19H20N4O3S. The number of rotatable bonds is 6. The van der Waals surface area contributed by atoms with Gasteiger partial charge in [0.15, 0.2) is 0 Å². The van der Waals surface area contributed by atoms with Gasteiger partial charge in [0, 0.05) is 12.2 Å². The van der Waals surface area contributed by atoms with E-state index in [2.05, 4.69) is 23.9 Å². The number of carbonyl (C=O) groups is 2. The molecule has 0 bridgehead atoms. The summed E-state index contributed by atoms with van der Waals surface area (Å²) in [5.74, 6) is -0.276. The fourth-order valence-corrected chi connectivity index (χ4v) is 3.65. The smallest absolute Gasteiger partial charge is 0.292 e. The largest absolute Gasteiger partial charge is 0.324 e. The van der Waals surface area contributed by atoms with Crippen LogP contribution in [0.3, 0.4) is 0 Å². The first-order valence-electron chi connectivity index (χ1n) is 8.56. The van der Waals surface area contributed by atoms with Gasteiger partial charge in [-0.25, -0.2) is 4.68 Å². The van der Waals surface area contributed by atoms with Crippen molar-refractivity contribution < 1.29 is 9.59 Å². The van der Waals surface area contributed by atoms with Crippen molar-refractivity contribution in [1.82, 2.24) is 9.78 Å². The summed E-state index contributed by atoms with van der Waals surface area (Å²) in [5, 5.41) is 6.83. The summed E-state index contributed by atoms with van der Waals surface area (Å²) in [5.41, 5.74) is 1.62. The molecule has 0 radical (unpaired) electrons. The van der Waals surface area contributed by atoms with Crippen molar-refractivity contribution in [3.63, 3.8) is 0 Å². The Bertz CT molecular complexity index is 937. The predicted octanol–water partition coefficient (Wildman–Crippen LogP) is 2.07. The minimum absolute atomic E-state index is 0.164. The molecule has 0 atom stereocenters. The topological polar surface area (TPSA) is 84.3 Å². The van der Waals surface area contributed by atoms with Crippen molar-refractivity contribution in [2.75, 3.05) is 22.5 Å². The molecule has 3 rings (SSSR count). The first-order valence-corrected chi connectivity index (χ1v) is 9.55. The number of aromatic nitrogens is 2. The molecule has 0 spiro atoms. The van der Waals surface area contributed by atoms with Gasteiger partial charge in [-0.2, -0.15) is 5.10 Å². The van der Waals surface area contributed by atoms with Gasteiger partial charge in [-0.05, 0) is 24.1 Å². The lowest BCUT2D eigenvalue weighted by molar-refractivity contribution is -0.117. The van der Waals surface area contributed by atoms with Crippen LogP contribution in [0.25, 0.3) is 0 Å². The van der Waals surface area contributed by atoms with Crippen molar-refractivity contribution in [3.8, 4) is 0 Å². The van der Waals surface area contributed by atoms with E-state index in [4.69, 9.17) is 0 Å². The van der Waals surface area contributed by atoms with E-state index in [-0.39, 0.29) is 36.3 Å². The van der Waals surface area contributed by atoms with Crippen LogP contribution in [0.5, 0.6) is 0 Å². The van der Waals surface area contributed by atoms with E-state index in [1.54, 1.807) is 6.08 Å². The van der Waals surface area contributed by atoms with Crippen LogP contribution in [0, 0.1) is 0 Å². The van der Waals surface area contributed by atoms with Crippen LogP contribution in [0.4, 0.5) is 11.4 Å². The highest BCUT2D eigenvalue weighted by Gasteiger charge is 2.28. The van der Waals surface area contributed by atoms with Gasteiger partial charge < -0.3 is 10.2 Å². The second kappa shape index (κ2) is 8.22. The molecule has 27 heavy (non-hydrogen) atoms. The lowest BCUT2D eigenvalue weighted by Gasteiger charge is -2.27. The fraction of sp³-hybridized carbons (Fsp3) is 0.263. The second-order valence-electron chi connectivity index (χ2n) is 6.00. The quantitative estimate of drug-likeness (QED) is 0.771. The van der Waals surface area contributed by atoms with E-state index in [0.717, 1.165) is 11.1 Å². The van der Waals surface area contributed by atoms with Crippen LogP contribution < -0.4 is 15.8 Å². The zero-order chi connectivity index (χ0) is 19.4. The molecule has 1 aromatic carbocycles. The number of nitrogens with zero attached hydrogens (tertiary/aromatic N) is 3. The molecule has 1 aliphatic rings. The number of nitrogens with one attached hydrogen (secondary N) is 1. The van der Waals surface area contributed by atoms with Gasteiger partial charge in [0.2, 0.25) is 11.8 Å². The summed E-state index contributed by atoms with van der Waals surface area (Å²) in [7, 11) is 0. The van der Waals surface area contributed by atoms with Gasteiger partial charge in [0.25, 0.3) is 5.56 Å². The van der Waals surface area contributed by atoms with E-state index in [1.165, 1.54) is 28.4 Å². The number of amides is 2. The SMILES string of the molecule is C=CCN1C(=O)CSc2cnn(CC(=O)Nc3ccc(CC)cc3)c(=O)c21. The van der Waals surface area contributed by atoms with Crippen LogP contribution in [-0.2, 0) is 22.6 Å². The molecule has 0 saturated heterocycles. The molecule has 1 aliphatic heterocycles. The minimum Gasteiger partial charge on any atom is -0.324 e. The number of hydrogen-bond acceptors (Lipinski definition) is 5. The number of thioether (sulfide) groups is 1. The van der Waals surface area contributed by atoms with Crippen LogP contribution in [0.15, 0.2) is 52.8 Å². The monoisotopic (exact) mass is 384 g/mol. The third-order valence-electron chi connectivity index (χ3n) is 4.16. The summed E-state index contributed by atoms with van der Waals surface area (Å²) >= 11 is 1.27. The second-order valence-corrected chi connectivity index (χ2v) is 7.02. The van der Waals surface area contributed by atoms with E-state index < -0.39 is 5.56 Å². The van der Waals surface area contributed by atoms with Crippen LogP contribution in [0.1, 0.15) is 12.5 Å². The van der Waals surface area contributed by atoms with Crippen molar-refractivity contribution >= 4 is 35.0 Å². The van der Waals surface area contributed by atoms with Crippen LogP contribution in [-0.4, -0.2) is 33.9 Å². The van der Waals surface area contributed by atoms with Crippen molar-refractivity contribution in [2.45, 2.75) is 24.8 Å². The Labute approximate surface area is 161 Å². The molecule has 2 heterocycles. The molecule has 0 saturated carbocycles. The Morgan fingerprint density at radius 2 is 2.07 bits per heavy atom. The summed E-state index contributed by atoms with van der Waals surface area (Å²) < 4.78 is 1.07. The fourth-order valence-electron chi connectivity index (χ4n) is 2.75. The number of aryl methyl sites for hydroxylation is 1. The number of hydrogen-bond donors (Lipinski definition) is 1. The molecule has 0 unspecified atom stereocenters. The molecular weight excluding hydrogens is 364 g/mol. The molecule has 8 heteroatoms. The van der Waals surface area contributed by atoms with E-state index in [9.17, 15) is 14.4 Å². The molecule has 0 fully saturated rings. The highest BCUT2D eigenvalue weighted by Crippen LogP contribution is 2.31. The zero-order valence-electron chi connectivity index (χ0n) is 15.0. The average Bonchev–Trinajstić information content (AvgIpc) is 2.67. The van der Waals surface area contributed by atoms with E-state index in [1.807, 2.05) is 24.3 Å². The summed E-state index contributed by atoms with van der Waals surface area (Å²) in [6.07, 6.45) is 4.00. The lowest BCUT2D eigenvalue weighted by Crippen LogP contribution is -2.42. The number of anilines is 2. The van der Waals surface area contributed by atoms with Crippen LogP contribution in [0.2, 0.25) is 0 Å². The Balaban J connectivity index is 1.81. The number of carbonyl (C=O) groups excluding carboxylic acids is 2. The first-order chi connectivity index (χ1) is 13.0. The van der Waals surface area contributed by atoms with Gasteiger partial charge >= 0.3 is 0 Å². The minimum atomic E-state index is -0.466. The summed E-state index contributed by atoms with van der Waals surface area (Å²) in [6.45, 7) is 5.69. The zero-order valence-corrected chi connectivity index (χ0v) is 15.8. The Morgan fingerprint density at radius 3 is 2.74 bits per heavy atom. The normalized spacial score (nSPS) is 13.2. The van der Waals surface area contributed by atoms with Crippen LogP contribution >= 0.6 is 11.8 Å². The van der Waals surface area contributed by atoms with Gasteiger partial charge in [-0.3, -0.25) is 14.4 Å². The number of benzene rings is 1. The van der Waals surface area contributed by atoms with E-state index >= 15 is 0 Å². The highest BCUT2D eigenvalue weighted by atomic mass is 32.2. The van der Waals surface area contributed by atoms with Crippen molar-refractivity contribution in [3.05, 3.63) is 59.0 Å². The molecule has 1 N–H and O–H groups in total. The van der Waals surface area contributed by atoms with Gasteiger partial charge in [-0.15, -0.1) is 18.3 Å². The third kappa shape index (κ3) is 4.11. The molecule has 1 aromatic heterocycles.